The van der Waals surface area contributed by atoms with Gasteiger partial charge in [0.1, 0.15) is 5.75 Å². The Balaban J connectivity index is 1.83. The first-order chi connectivity index (χ1) is 11.2. The molecule has 2 aromatic rings. The number of nitrogens with two attached hydrogens (primary N) is 1. The first kappa shape index (κ1) is 16.2. The standard InChI is InChI=1S/C15H19N5OS2/c1-21-11-5-3-4-10(8-11)13-9-23-15-18-17-14(20(15)19-13)12(16)6-7-22-2/h3-5,8-9,12,19H,6-7,16H2,1-2H3/t12-/m0/s1. The van der Waals surface area contributed by atoms with Gasteiger partial charge in [-0.3, -0.25) is 5.43 Å². The Labute approximate surface area is 143 Å². The number of nitrogens with one attached hydrogen (secondary N) is 1. The summed E-state index contributed by atoms with van der Waals surface area (Å²) in [6, 6.07) is 7.77. The van der Waals surface area contributed by atoms with E-state index in [-0.39, 0.29) is 6.04 Å². The number of nitrogens with zero attached hydrogens (tertiary/aromatic N) is 3. The molecule has 0 fully saturated rings. The Hall–Kier alpha value is -1.64. The van der Waals surface area contributed by atoms with Gasteiger partial charge in [0.05, 0.1) is 18.8 Å². The van der Waals surface area contributed by atoms with Crippen LogP contribution in [0.1, 0.15) is 23.9 Å². The van der Waals surface area contributed by atoms with Gasteiger partial charge >= 0.3 is 0 Å². The molecular weight excluding hydrogens is 330 g/mol. The summed E-state index contributed by atoms with van der Waals surface area (Å²) < 4.78 is 7.17. The Morgan fingerprint density at radius 2 is 2.30 bits per heavy atom. The molecular formula is C15H19N5OS2. The number of ether oxygens (including phenoxy) is 1. The summed E-state index contributed by atoms with van der Waals surface area (Å²) in [7, 11) is 1.66. The van der Waals surface area contributed by atoms with Crippen molar-refractivity contribution in [3.05, 3.63) is 41.1 Å². The van der Waals surface area contributed by atoms with Crippen molar-refractivity contribution in [2.24, 2.45) is 5.73 Å². The Morgan fingerprint density at radius 3 is 3.09 bits per heavy atom. The van der Waals surface area contributed by atoms with Crippen molar-refractivity contribution in [1.29, 1.82) is 0 Å². The van der Waals surface area contributed by atoms with Crippen molar-refractivity contribution < 1.29 is 4.74 Å². The van der Waals surface area contributed by atoms with Crippen molar-refractivity contribution in [3.63, 3.8) is 0 Å². The third-order valence-electron chi connectivity index (χ3n) is 3.52. The molecule has 3 rings (SSSR count). The monoisotopic (exact) mass is 349 g/mol. The molecule has 1 atom stereocenters. The fourth-order valence-electron chi connectivity index (χ4n) is 2.26. The lowest BCUT2D eigenvalue weighted by atomic mass is 10.1. The number of benzene rings is 1. The zero-order valence-corrected chi connectivity index (χ0v) is 14.7. The number of rotatable bonds is 6. The van der Waals surface area contributed by atoms with Gasteiger partial charge in [-0.2, -0.15) is 11.8 Å². The van der Waals surface area contributed by atoms with Crippen LogP contribution >= 0.6 is 23.5 Å². The van der Waals surface area contributed by atoms with Gasteiger partial charge < -0.3 is 10.5 Å². The van der Waals surface area contributed by atoms with Crippen molar-refractivity contribution in [2.75, 3.05) is 24.5 Å². The lowest BCUT2D eigenvalue weighted by Gasteiger charge is -2.21. The molecule has 3 N–H and O–H groups in total. The van der Waals surface area contributed by atoms with Crippen LogP contribution in [0.3, 0.4) is 0 Å². The first-order valence-electron chi connectivity index (χ1n) is 7.21. The molecule has 1 aliphatic heterocycles. The van der Waals surface area contributed by atoms with Crippen LogP contribution in [0.5, 0.6) is 5.75 Å². The minimum atomic E-state index is -0.138. The molecule has 0 unspecified atom stereocenters. The lowest BCUT2D eigenvalue weighted by molar-refractivity contribution is 0.414. The third-order valence-corrected chi connectivity index (χ3v) is 4.99. The van der Waals surface area contributed by atoms with E-state index in [9.17, 15) is 0 Å². The molecule has 0 saturated carbocycles. The highest BCUT2D eigenvalue weighted by Gasteiger charge is 2.22. The molecule has 0 radical (unpaired) electrons. The van der Waals surface area contributed by atoms with Crippen molar-refractivity contribution in [3.8, 4) is 5.75 Å². The molecule has 0 aliphatic carbocycles. The van der Waals surface area contributed by atoms with Crippen LogP contribution in [0.25, 0.3) is 5.70 Å². The molecule has 0 spiro atoms. The van der Waals surface area contributed by atoms with E-state index >= 15 is 0 Å². The van der Waals surface area contributed by atoms with Crippen LogP contribution < -0.4 is 15.9 Å². The zero-order valence-electron chi connectivity index (χ0n) is 13.0. The lowest BCUT2D eigenvalue weighted by Crippen LogP contribution is -2.24. The van der Waals surface area contributed by atoms with Crippen molar-refractivity contribution >= 4 is 29.2 Å². The zero-order chi connectivity index (χ0) is 16.2. The molecule has 23 heavy (non-hydrogen) atoms. The highest BCUT2D eigenvalue weighted by Crippen LogP contribution is 2.31. The second-order valence-electron chi connectivity index (χ2n) is 5.06. The van der Waals surface area contributed by atoms with E-state index in [4.69, 9.17) is 10.5 Å². The number of hydrogen-bond acceptors (Lipinski definition) is 7. The maximum atomic E-state index is 6.25. The Morgan fingerprint density at radius 1 is 1.43 bits per heavy atom. The number of hydrogen-bond donors (Lipinski definition) is 2. The van der Waals surface area contributed by atoms with Crippen molar-refractivity contribution in [2.45, 2.75) is 17.6 Å². The van der Waals surface area contributed by atoms with E-state index in [0.29, 0.717) is 0 Å². The third kappa shape index (κ3) is 3.49. The molecule has 122 valence electrons. The van der Waals surface area contributed by atoms with E-state index in [1.54, 1.807) is 18.9 Å². The predicted octanol–water partition coefficient (Wildman–Crippen LogP) is 2.69. The smallest absolute Gasteiger partial charge is 0.214 e. The topological polar surface area (TPSA) is 78.0 Å². The molecule has 1 aliphatic rings. The van der Waals surface area contributed by atoms with Gasteiger partial charge in [-0.05, 0) is 30.6 Å². The number of methoxy groups -OCH3 is 1. The minimum absolute atomic E-state index is 0.138. The van der Waals surface area contributed by atoms with Crippen LogP contribution in [-0.4, -0.2) is 34.0 Å². The first-order valence-corrected chi connectivity index (χ1v) is 9.48. The van der Waals surface area contributed by atoms with Crippen LogP contribution in [-0.2, 0) is 0 Å². The van der Waals surface area contributed by atoms with Gasteiger partial charge in [-0.15, -0.1) is 10.2 Å². The summed E-state index contributed by atoms with van der Waals surface area (Å²) in [5.74, 6) is 2.58. The summed E-state index contributed by atoms with van der Waals surface area (Å²) in [5.41, 5.74) is 11.6. The number of aromatic nitrogens is 3. The molecule has 2 heterocycles. The van der Waals surface area contributed by atoms with Crippen LogP contribution in [0.15, 0.2) is 34.8 Å². The largest absolute Gasteiger partial charge is 0.497 e. The van der Waals surface area contributed by atoms with Gasteiger partial charge in [0.25, 0.3) is 0 Å². The number of thioether (sulfide) groups is 2. The maximum absolute atomic E-state index is 6.25. The highest BCUT2D eigenvalue weighted by molar-refractivity contribution is 8.02. The molecule has 1 aromatic carbocycles. The summed E-state index contributed by atoms with van der Waals surface area (Å²) in [4.78, 5) is 0. The van der Waals surface area contributed by atoms with E-state index in [1.165, 1.54) is 11.8 Å². The molecule has 0 bridgehead atoms. The Kier molecular flexibility index (Phi) is 5.14. The van der Waals surface area contributed by atoms with Gasteiger partial charge in [-0.1, -0.05) is 23.9 Å². The fourth-order valence-corrected chi connectivity index (χ4v) is 3.49. The van der Waals surface area contributed by atoms with Gasteiger partial charge in [0.15, 0.2) is 5.82 Å². The van der Waals surface area contributed by atoms with Crippen molar-refractivity contribution in [1.82, 2.24) is 14.9 Å². The summed E-state index contributed by atoms with van der Waals surface area (Å²) in [6.07, 6.45) is 2.94. The summed E-state index contributed by atoms with van der Waals surface area (Å²) in [5, 5.41) is 11.3. The quantitative estimate of drug-likeness (QED) is 0.830. The summed E-state index contributed by atoms with van der Waals surface area (Å²) in [6.45, 7) is 0. The average molecular weight is 349 g/mol. The molecule has 0 amide bonds. The van der Waals surface area contributed by atoms with Crippen LogP contribution in [0.4, 0.5) is 0 Å². The highest BCUT2D eigenvalue weighted by atomic mass is 32.2. The SMILES string of the molecule is COc1cccc(C2=CSc3nnc([C@@H](N)CCSC)n3N2)c1. The molecule has 8 heteroatoms. The summed E-state index contributed by atoms with van der Waals surface area (Å²) >= 11 is 3.31. The van der Waals surface area contributed by atoms with Gasteiger partial charge in [0, 0.05) is 11.0 Å². The predicted molar refractivity (Wildman–Crippen MR) is 96.1 cm³/mol. The van der Waals surface area contributed by atoms with E-state index in [1.807, 2.05) is 34.3 Å². The fraction of sp³-hybridized carbons (Fsp3) is 0.333. The number of fused-ring (bicyclic) bond motifs is 1. The average Bonchev–Trinajstić information content (AvgIpc) is 3.03. The molecule has 0 saturated heterocycles. The maximum Gasteiger partial charge on any atom is 0.214 e. The van der Waals surface area contributed by atoms with E-state index < -0.39 is 0 Å². The van der Waals surface area contributed by atoms with Gasteiger partial charge in [0.2, 0.25) is 5.16 Å². The minimum Gasteiger partial charge on any atom is -0.497 e. The van der Waals surface area contributed by atoms with Gasteiger partial charge in [-0.25, -0.2) is 4.68 Å². The van der Waals surface area contributed by atoms with E-state index in [0.717, 1.165) is 40.2 Å². The van der Waals surface area contributed by atoms with Crippen LogP contribution in [0.2, 0.25) is 0 Å². The van der Waals surface area contributed by atoms with E-state index in [2.05, 4.69) is 21.9 Å². The molecule has 6 nitrogen and oxygen atoms in total. The Bertz CT molecular complexity index is 716. The molecule has 1 aromatic heterocycles. The van der Waals surface area contributed by atoms with Crippen LogP contribution in [0, 0.1) is 0 Å². The second-order valence-corrected chi connectivity index (χ2v) is 6.88. The normalized spacial score (nSPS) is 14.7. The second kappa shape index (κ2) is 7.29.